The number of hydrogen-bond donors (Lipinski definition) is 2. The van der Waals surface area contributed by atoms with E-state index in [-0.39, 0.29) is 22.6 Å². The average molecular weight is 306 g/mol. The van der Waals surface area contributed by atoms with Crippen LogP contribution in [-0.2, 0) is 4.74 Å². The van der Waals surface area contributed by atoms with Gasteiger partial charge in [0.2, 0.25) is 0 Å². The molecule has 0 unspecified atom stereocenters. The Morgan fingerprint density at radius 3 is 2.73 bits per heavy atom. The number of rotatable bonds is 3. The molecule has 7 heteroatoms. The number of H-pyrrole nitrogens is 1. The van der Waals surface area contributed by atoms with Crippen molar-refractivity contribution in [1.29, 1.82) is 0 Å². The summed E-state index contributed by atoms with van der Waals surface area (Å²) in [5, 5.41) is 10.6. The van der Waals surface area contributed by atoms with E-state index in [1.54, 1.807) is 11.5 Å². The molecule has 0 spiro atoms. The fraction of sp³-hybridized carbons (Fsp3) is 0.667. The van der Waals surface area contributed by atoms with Gasteiger partial charge in [0.1, 0.15) is 11.9 Å². The van der Waals surface area contributed by atoms with Gasteiger partial charge < -0.3 is 14.8 Å². The fourth-order valence-electron chi connectivity index (χ4n) is 3.48. The van der Waals surface area contributed by atoms with Crippen molar-refractivity contribution in [3.63, 3.8) is 0 Å². The van der Waals surface area contributed by atoms with Crippen molar-refractivity contribution in [2.24, 2.45) is 5.92 Å². The third kappa shape index (κ3) is 1.99. The molecule has 22 heavy (non-hydrogen) atoms. The topological polar surface area (TPSA) is 93.0 Å². The molecule has 0 radical (unpaired) electrons. The molecule has 0 aromatic carbocycles. The number of aromatic amines is 1. The summed E-state index contributed by atoms with van der Waals surface area (Å²) in [6.07, 6.45) is 1.91. The first-order chi connectivity index (χ1) is 10.4. The van der Waals surface area contributed by atoms with Crippen LogP contribution in [0, 0.1) is 12.8 Å². The number of fused-ring (bicyclic) bond motifs is 1. The van der Waals surface area contributed by atoms with Crippen LogP contribution in [0.4, 0.5) is 0 Å². The second-order valence-corrected chi connectivity index (χ2v) is 6.03. The van der Waals surface area contributed by atoms with Gasteiger partial charge in [-0.15, -0.1) is 0 Å². The molecule has 1 saturated heterocycles. The van der Waals surface area contributed by atoms with Crippen LogP contribution in [0.1, 0.15) is 45.7 Å². The molecule has 1 fully saturated rings. The zero-order valence-corrected chi connectivity index (χ0v) is 13.3. The van der Waals surface area contributed by atoms with Gasteiger partial charge in [0.25, 0.3) is 5.56 Å². The van der Waals surface area contributed by atoms with Crippen LogP contribution in [0.25, 0.3) is 11.2 Å². The van der Waals surface area contributed by atoms with Crippen molar-refractivity contribution in [3.8, 4) is 0 Å². The number of aryl methyl sites for hydroxylation is 1. The number of ether oxygens (including phenoxy) is 1. The Hall–Kier alpha value is -1.73. The first-order valence-electron chi connectivity index (χ1n) is 7.73. The van der Waals surface area contributed by atoms with Crippen molar-refractivity contribution in [2.75, 3.05) is 0 Å². The van der Waals surface area contributed by atoms with E-state index in [1.165, 1.54) is 6.33 Å². The summed E-state index contributed by atoms with van der Waals surface area (Å²) in [6, 6.07) is 0. The Morgan fingerprint density at radius 2 is 2.14 bits per heavy atom. The summed E-state index contributed by atoms with van der Waals surface area (Å²) >= 11 is 0. The van der Waals surface area contributed by atoms with Crippen molar-refractivity contribution >= 4 is 11.2 Å². The molecule has 7 nitrogen and oxygen atoms in total. The molecule has 2 aromatic rings. The van der Waals surface area contributed by atoms with E-state index in [4.69, 9.17) is 4.74 Å². The van der Waals surface area contributed by atoms with Crippen LogP contribution in [0.5, 0.6) is 0 Å². The zero-order chi connectivity index (χ0) is 16.1. The van der Waals surface area contributed by atoms with Gasteiger partial charge in [-0.25, -0.2) is 9.97 Å². The lowest BCUT2D eigenvalue weighted by Gasteiger charge is -2.30. The van der Waals surface area contributed by atoms with Crippen LogP contribution in [0.15, 0.2) is 11.1 Å². The van der Waals surface area contributed by atoms with Crippen LogP contribution in [0.2, 0.25) is 0 Å². The van der Waals surface area contributed by atoms with E-state index in [1.807, 2.05) is 6.92 Å². The summed E-state index contributed by atoms with van der Waals surface area (Å²) < 4.78 is 7.90. The first-order valence-corrected chi connectivity index (χ1v) is 7.73. The van der Waals surface area contributed by atoms with Gasteiger partial charge >= 0.3 is 0 Å². The van der Waals surface area contributed by atoms with Crippen LogP contribution >= 0.6 is 0 Å². The minimum Gasteiger partial charge on any atom is -0.388 e. The molecule has 3 rings (SSSR count). The highest BCUT2D eigenvalue weighted by Gasteiger charge is 2.51. The Morgan fingerprint density at radius 1 is 1.45 bits per heavy atom. The molecule has 2 aromatic heterocycles. The van der Waals surface area contributed by atoms with Crippen molar-refractivity contribution in [2.45, 2.75) is 58.5 Å². The predicted octanol–water partition coefficient (Wildman–Crippen LogP) is 1.51. The minimum absolute atomic E-state index is 0.00644. The normalized spacial score (nSPS) is 27.6. The average Bonchev–Trinajstić information content (AvgIpc) is 3.01. The molecule has 1 aliphatic rings. The summed E-state index contributed by atoms with van der Waals surface area (Å²) in [7, 11) is 0. The highest BCUT2D eigenvalue weighted by molar-refractivity contribution is 5.69. The van der Waals surface area contributed by atoms with E-state index in [0.29, 0.717) is 11.5 Å². The molecule has 2 N–H and O–H groups in total. The molecule has 120 valence electrons. The Bertz CT molecular complexity index is 747. The maximum atomic E-state index is 11.9. The lowest BCUT2D eigenvalue weighted by molar-refractivity contribution is -0.0948. The number of aliphatic hydroxyl groups is 1. The monoisotopic (exact) mass is 306 g/mol. The molecule has 0 saturated carbocycles. The van der Waals surface area contributed by atoms with E-state index in [9.17, 15) is 9.90 Å². The summed E-state index contributed by atoms with van der Waals surface area (Å²) in [5.41, 5.74) is 0.0655. The van der Waals surface area contributed by atoms with Crippen LogP contribution in [-0.4, -0.2) is 36.3 Å². The summed E-state index contributed by atoms with van der Waals surface area (Å²) in [6.45, 7) is 7.85. The summed E-state index contributed by atoms with van der Waals surface area (Å²) in [4.78, 5) is 23.1. The number of aromatic nitrogens is 4. The third-order valence-corrected chi connectivity index (χ3v) is 5.01. The number of hydrogen-bond acceptors (Lipinski definition) is 5. The third-order valence-electron chi connectivity index (χ3n) is 5.01. The van der Waals surface area contributed by atoms with Gasteiger partial charge in [-0.2, -0.15) is 0 Å². The van der Waals surface area contributed by atoms with Crippen LogP contribution in [0.3, 0.4) is 0 Å². The lowest BCUT2D eigenvalue weighted by Crippen LogP contribution is -2.35. The standard InChI is InChI=1S/C15H22N4O3/c1-5-15(6-2)8(3)11(20)14(22-15)19-7-16-10-12(19)17-9(4)18-13(10)21/h7-8,11,14,20H,5-6H2,1-4H3,(H,17,18,21)/t8-,11+,14+/m0/s1. The molecular formula is C15H22N4O3. The van der Waals surface area contributed by atoms with Gasteiger partial charge in [-0.1, -0.05) is 20.8 Å². The van der Waals surface area contributed by atoms with Gasteiger partial charge in [0.05, 0.1) is 11.9 Å². The second kappa shape index (κ2) is 5.17. The second-order valence-electron chi connectivity index (χ2n) is 6.03. The maximum absolute atomic E-state index is 11.9. The Balaban J connectivity index is 2.11. The summed E-state index contributed by atoms with van der Waals surface area (Å²) in [5.74, 6) is 0.505. The SMILES string of the molecule is CCC1(CC)O[C@@H](n2cnc3c(=O)[nH]c(C)nc32)[C@H](O)[C@@H]1C. The van der Waals surface area contributed by atoms with E-state index >= 15 is 0 Å². The maximum Gasteiger partial charge on any atom is 0.279 e. The number of nitrogens with zero attached hydrogens (tertiary/aromatic N) is 3. The molecule has 3 atom stereocenters. The molecule has 1 aliphatic heterocycles. The van der Waals surface area contributed by atoms with Crippen molar-refractivity contribution in [1.82, 2.24) is 19.5 Å². The number of imidazole rings is 1. The first kappa shape index (κ1) is 15.2. The molecule has 0 amide bonds. The quantitative estimate of drug-likeness (QED) is 0.896. The van der Waals surface area contributed by atoms with Gasteiger partial charge in [0, 0.05) is 5.92 Å². The zero-order valence-electron chi connectivity index (χ0n) is 13.3. The Kier molecular flexibility index (Phi) is 3.57. The van der Waals surface area contributed by atoms with Crippen LogP contribution < -0.4 is 5.56 Å². The molecule has 0 bridgehead atoms. The van der Waals surface area contributed by atoms with Crippen molar-refractivity contribution in [3.05, 3.63) is 22.5 Å². The Labute approximate surface area is 128 Å². The van der Waals surface area contributed by atoms with Gasteiger partial charge in [-0.3, -0.25) is 9.36 Å². The highest BCUT2D eigenvalue weighted by Crippen LogP contribution is 2.45. The van der Waals surface area contributed by atoms with E-state index < -0.39 is 12.3 Å². The molecular weight excluding hydrogens is 284 g/mol. The largest absolute Gasteiger partial charge is 0.388 e. The molecule has 0 aliphatic carbocycles. The highest BCUT2D eigenvalue weighted by atomic mass is 16.5. The van der Waals surface area contributed by atoms with Gasteiger partial charge in [-0.05, 0) is 19.8 Å². The fourth-order valence-corrected chi connectivity index (χ4v) is 3.48. The minimum atomic E-state index is -0.668. The van der Waals surface area contributed by atoms with E-state index in [2.05, 4.69) is 28.8 Å². The van der Waals surface area contributed by atoms with Gasteiger partial charge in [0.15, 0.2) is 17.4 Å². The molecule has 3 heterocycles. The van der Waals surface area contributed by atoms with Crippen molar-refractivity contribution < 1.29 is 9.84 Å². The predicted molar refractivity (Wildman–Crippen MR) is 81.5 cm³/mol. The van der Waals surface area contributed by atoms with E-state index in [0.717, 1.165) is 12.8 Å². The lowest BCUT2D eigenvalue weighted by atomic mass is 9.83. The smallest absolute Gasteiger partial charge is 0.279 e. The number of aliphatic hydroxyl groups excluding tert-OH is 1. The number of nitrogens with one attached hydrogen (secondary N) is 1.